The number of pyridine rings is 1. The molecule has 1 N–H and O–H groups in total. The predicted molar refractivity (Wildman–Crippen MR) is 58.2 cm³/mol. The highest BCUT2D eigenvalue weighted by Gasteiger charge is 2.57. The maximum atomic E-state index is 11.4. The molecule has 0 radical (unpaired) electrons. The molecule has 1 fully saturated rings. The van der Waals surface area contributed by atoms with Gasteiger partial charge in [0.1, 0.15) is 0 Å². The first-order valence-electron chi connectivity index (χ1n) is 5.23. The third-order valence-electron chi connectivity index (χ3n) is 3.58. The van der Waals surface area contributed by atoms with Gasteiger partial charge in [0.2, 0.25) is 0 Å². The molecule has 86 valence electrons. The molecule has 0 aliphatic carbocycles. The van der Waals surface area contributed by atoms with Crippen molar-refractivity contribution in [2.75, 3.05) is 13.2 Å². The van der Waals surface area contributed by atoms with Crippen molar-refractivity contribution < 1.29 is 14.6 Å². The number of aromatic nitrogens is 1. The molecule has 2 heterocycles. The number of carbonyl (C=O) groups is 1. The summed E-state index contributed by atoms with van der Waals surface area (Å²) in [6, 6.07) is 5.57. The predicted octanol–water partition coefficient (Wildman–Crippen LogP) is 1.46. The van der Waals surface area contributed by atoms with Crippen molar-refractivity contribution in [1.29, 1.82) is 0 Å². The van der Waals surface area contributed by atoms with Crippen LogP contribution in [0.4, 0.5) is 0 Å². The fourth-order valence-corrected chi connectivity index (χ4v) is 1.99. The lowest BCUT2D eigenvalue weighted by Gasteiger charge is -2.49. The Morgan fingerprint density at radius 3 is 2.56 bits per heavy atom. The van der Waals surface area contributed by atoms with Gasteiger partial charge < -0.3 is 9.84 Å². The van der Waals surface area contributed by atoms with Crippen molar-refractivity contribution in [3.05, 3.63) is 30.1 Å². The van der Waals surface area contributed by atoms with Crippen LogP contribution in [0.25, 0.3) is 0 Å². The molecule has 0 atom stereocenters. The lowest BCUT2D eigenvalue weighted by Crippen LogP contribution is -2.60. The van der Waals surface area contributed by atoms with Crippen LogP contribution in [0.5, 0.6) is 0 Å². The van der Waals surface area contributed by atoms with Gasteiger partial charge >= 0.3 is 5.97 Å². The number of aliphatic carboxylic acids is 1. The Morgan fingerprint density at radius 2 is 2.19 bits per heavy atom. The number of rotatable bonds is 3. The van der Waals surface area contributed by atoms with Crippen LogP contribution in [0, 0.1) is 5.41 Å². The standard InChI is InChI=1S/C12H15NO3/c1-11(2,10(14)15)12(7-16-8-12)9-5-3-4-6-13-9/h3-6H,7-8H2,1-2H3,(H,14,15). The van der Waals surface area contributed by atoms with Crippen LogP contribution in [0.2, 0.25) is 0 Å². The summed E-state index contributed by atoms with van der Waals surface area (Å²) in [7, 11) is 0. The third kappa shape index (κ3) is 1.33. The summed E-state index contributed by atoms with van der Waals surface area (Å²) < 4.78 is 5.23. The Kier molecular flexibility index (Phi) is 2.46. The minimum absolute atomic E-state index is 0.420. The van der Waals surface area contributed by atoms with E-state index in [4.69, 9.17) is 4.74 Å². The monoisotopic (exact) mass is 221 g/mol. The molecule has 4 heteroatoms. The molecule has 1 aliphatic heterocycles. The van der Waals surface area contributed by atoms with Crippen molar-refractivity contribution in [3.8, 4) is 0 Å². The number of ether oxygens (including phenoxy) is 1. The molecular formula is C12H15NO3. The summed E-state index contributed by atoms with van der Waals surface area (Å²) in [5.74, 6) is -0.818. The van der Waals surface area contributed by atoms with Crippen LogP contribution >= 0.6 is 0 Å². The summed E-state index contributed by atoms with van der Waals surface area (Å²) in [6.07, 6.45) is 1.69. The highest BCUT2D eigenvalue weighted by molar-refractivity contribution is 5.76. The Balaban J connectivity index is 2.45. The smallest absolute Gasteiger partial charge is 0.310 e. The minimum Gasteiger partial charge on any atom is -0.481 e. The zero-order valence-electron chi connectivity index (χ0n) is 9.43. The lowest BCUT2D eigenvalue weighted by molar-refractivity contribution is -0.172. The molecule has 0 saturated carbocycles. The number of nitrogens with zero attached hydrogens (tertiary/aromatic N) is 1. The largest absolute Gasteiger partial charge is 0.481 e. The van der Waals surface area contributed by atoms with E-state index in [-0.39, 0.29) is 0 Å². The van der Waals surface area contributed by atoms with Crippen LogP contribution in [0.3, 0.4) is 0 Å². The van der Waals surface area contributed by atoms with E-state index in [2.05, 4.69) is 4.98 Å². The van der Waals surface area contributed by atoms with Crippen molar-refractivity contribution in [3.63, 3.8) is 0 Å². The van der Waals surface area contributed by atoms with E-state index in [1.54, 1.807) is 20.0 Å². The molecule has 0 aromatic carbocycles. The highest BCUT2D eigenvalue weighted by Crippen LogP contribution is 2.46. The fourth-order valence-electron chi connectivity index (χ4n) is 1.99. The quantitative estimate of drug-likeness (QED) is 0.839. The van der Waals surface area contributed by atoms with Gasteiger partial charge in [-0.25, -0.2) is 0 Å². The minimum atomic E-state index is -0.875. The van der Waals surface area contributed by atoms with E-state index in [0.29, 0.717) is 13.2 Å². The van der Waals surface area contributed by atoms with Gasteiger partial charge in [-0.05, 0) is 26.0 Å². The molecule has 4 nitrogen and oxygen atoms in total. The van der Waals surface area contributed by atoms with E-state index in [0.717, 1.165) is 5.69 Å². The Morgan fingerprint density at radius 1 is 1.50 bits per heavy atom. The number of carboxylic acids is 1. The summed E-state index contributed by atoms with van der Waals surface area (Å²) >= 11 is 0. The number of carboxylic acid groups (broad SMARTS) is 1. The second kappa shape index (κ2) is 3.56. The molecule has 0 bridgehead atoms. The van der Waals surface area contributed by atoms with Crippen LogP contribution in [0.15, 0.2) is 24.4 Å². The molecular weight excluding hydrogens is 206 g/mol. The number of hydrogen-bond acceptors (Lipinski definition) is 3. The van der Waals surface area contributed by atoms with Crippen LogP contribution in [0.1, 0.15) is 19.5 Å². The Bertz CT molecular complexity index is 396. The molecule has 1 saturated heterocycles. The summed E-state index contributed by atoms with van der Waals surface area (Å²) in [5.41, 5.74) is -0.576. The Hall–Kier alpha value is -1.42. The second-order valence-corrected chi connectivity index (χ2v) is 4.72. The molecule has 1 aliphatic rings. The normalized spacial score (nSPS) is 18.9. The van der Waals surface area contributed by atoms with Crippen molar-refractivity contribution in [2.45, 2.75) is 19.3 Å². The SMILES string of the molecule is CC(C)(C(=O)O)C1(c2ccccn2)COC1. The van der Waals surface area contributed by atoms with Crippen molar-refractivity contribution >= 4 is 5.97 Å². The third-order valence-corrected chi connectivity index (χ3v) is 3.58. The molecule has 1 aromatic heterocycles. The van der Waals surface area contributed by atoms with Gasteiger partial charge in [0.25, 0.3) is 0 Å². The maximum Gasteiger partial charge on any atom is 0.310 e. The van der Waals surface area contributed by atoms with Crippen LogP contribution in [-0.4, -0.2) is 29.3 Å². The fraction of sp³-hybridized carbons (Fsp3) is 0.500. The van der Waals surface area contributed by atoms with Gasteiger partial charge in [0.15, 0.2) is 0 Å². The summed E-state index contributed by atoms with van der Waals surface area (Å²) in [6.45, 7) is 4.30. The maximum absolute atomic E-state index is 11.4. The first-order chi connectivity index (χ1) is 7.51. The van der Waals surface area contributed by atoms with Gasteiger partial charge in [-0.2, -0.15) is 0 Å². The zero-order chi connectivity index (χ0) is 11.8. The van der Waals surface area contributed by atoms with Gasteiger partial charge in [0, 0.05) is 6.20 Å². The summed E-state index contributed by atoms with van der Waals surface area (Å²) in [5, 5.41) is 9.32. The van der Waals surface area contributed by atoms with Crippen LogP contribution in [-0.2, 0) is 14.9 Å². The molecule has 2 rings (SSSR count). The van der Waals surface area contributed by atoms with Crippen molar-refractivity contribution in [2.24, 2.45) is 5.41 Å². The highest BCUT2D eigenvalue weighted by atomic mass is 16.5. The van der Waals surface area contributed by atoms with Crippen LogP contribution < -0.4 is 0 Å². The molecule has 0 spiro atoms. The average Bonchev–Trinajstić information content (AvgIpc) is 2.16. The van der Waals surface area contributed by atoms with E-state index in [9.17, 15) is 9.90 Å². The number of hydrogen-bond donors (Lipinski definition) is 1. The molecule has 1 aromatic rings. The van der Waals surface area contributed by atoms with E-state index < -0.39 is 16.8 Å². The average molecular weight is 221 g/mol. The topological polar surface area (TPSA) is 59.4 Å². The molecule has 0 unspecified atom stereocenters. The molecule has 0 amide bonds. The first kappa shape index (κ1) is 11.1. The van der Waals surface area contributed by atoms with E-state index >= 15 is 0 Å². The second-order valence-electron chi connectivity index (χ2n) is 4.72. The van der Waals surface area contributed by atoms with Gasteiger partial charge in [-0.3, -0.25) is 9.78 Å². The van der Waals surface area contributed by atoms with Gasteiger partial charge in [0.05, 0.1) is 29.7 Å². The Labute approximate surface area is 94.3 Å². The summed E-state index contributed by atoms with van der Waals surface area (Å²) in [4.78, 5) is 15.6. The lowest BCUT2D eigenvalue weighted by atomic mass is 9.62. The van der Waals surface area contributed by atoms with E-state index in [1.807, 2.05) is 18.2 Å². The van der Waals surface area contributed by atoms with Crippen molar-refractivity contribution in [1.82, 2.24) is 4.98 Å². The van der Waals surface area contributed by atoms with Gasteiger partial charge in [-0.1, -0.05) is 6.07 Å². The van der Waals surface area contributed by atoms with E-state index in [1.165, 1.54) is 0 Å². The first-order valence-corrected chi connectivity index (χ1v) is 5.23. The zero-order valence-corrected chi connectivity index (χ0v) is 9.43. The molecule has 16 heavy (non-hydrogen) atoms. The van der Waals surface area contributed by atoms with Gasteiger partial charge in [-0.15, -0.1) is 0 Å².